The second-order valence-electron chi connectivity index (χ2n) is 6.93. The van der Waals surface area contributed by atoms with Gasteiger partial charge in [-0.25, -0.2) is 0 Å². The van der Waals surface area contributed by atoms with Crippen molar-refractivity contribution in [1.29, 1.82) is 0 Å². The van der Waals surface area contributed by atoms with Gasteiger partial charge in [0, 0.05) is 43.7 Å². The summed E-state index contributed by atoms with van der Waals surface area (Å²) in [4.78, 5) is 26.0. The number of hydrogen-bond acceptors (Lipinski definition) is 2. The van der Waals surface area contributed by atoms with Crippen LogP contribution in [0.4, 0.5) is 0 Å². The van der Waals surface area contributed by atoms with Gasteiger partial charge in [0.15, 0.2) is 0 Å². The quantitative estimate of drug-likeness (QED) is 0.921. The highest BCUT2D eigenvalue weighted by Gasteiger charge is 2.25. The number of carbonyl (C=O) groups is 2. The molecule has 1 aromatic carbocycles. The Morgan fingerprint density at radius 1 is 1.25 bits per heavy atom. The summed E-state index contributed by atoms with van der Waals surface area (Å²) in [5, 5.41) is 4.12. The van der Waals surface area contributed by atoms with Crippen LogP contribution in [0.1, 0.15) is 31.4 Å². The van der Waals surface area contributed by atoms with Crippen molar-refractivity contribution in [2.45, 2.75) is 38.8 Å². The number of para-hydroxylation sites is 1. The van der Waals surface area contributed by atoms with Crippen molar-refractivity contribution in [3.05, 3.63) is 36.0 Å². The van der Waals surface area contributed by atoms with Gasteiger partial charge in [-0.1, -0.05) is 18.2 Å². The van der Waals surface area contributed by atoms with Gasteiger partial charge in [0.2, 0.25) is 11.8 Å². The molecule has 1 atom stereocenters. The fourth-order valence-electron chi connectivity index (χ4n) is 3.90. The van der Waals surface area contributed by atoms with E-state index in [-0.39, 0.29) is 17.7 Å². The van der Waals surface area contributed by atoms with E-state index in [1.807, 2.05) is 4.90 Å². The van der Waals surface area contributed by atoms with Gasteiger partial charge in [0.05, 0.1) is 6.54 Å². The lowest BCUT2D eigenvalue weighted by molar-refractivity contribution is -0.134. The number of rotatable bonds is 2. The maximum absolute atomic E-state index is 12.7. The van der Waals surface area contributed by atoms with Gasteiger partial charge in [-0.05, 0) is 36.3 Å². The van der Waals surface area contributed by atoms with E-state index in [4.69, 9.17) is 0 Å². The molecule has 2 aliphatic heterocycles. The summed E-state index contributed by atoms with van der Waals surface area (Å²) in [6.45, 7) is 3.10. The minimum Gasteiger partial charge on any atom is -0.356 e. The Bertz CT molecular complexity index is 770. The highest BCUT2D eigenvalue weighted by molar-refractivity contribution is 5.82. The van der Waals surface area contributed by atoms with Crippen LogP contribution in [0.3, 0.4) is 0 Å². The SMILES string of the molecule is O=C1CCC(CC(=O)N2CCCn3c(cc4ccccc43)C2)CN1. The minimum atomic E-state index is 0.109. The van der Waals surface area contributed by atoms with Crippen LogP contribution in [0.15, 0.2) is 30.3 Å². The van der Waals surface area contributed by atoms with E-state index < -0.39 is 0 Å². The number of carbonyl (C=O) groups excluding carboxylic acids is 2. The lowest BCUT2D eigenvalue weighted by atomic mass is 9.95. The zero-order valence-corrected chi connectivity index (χ0v) is 13.8. The smallest absolute Gasteiger partial charge is 0.223 e. The largest absolute Gasteiger partial charge is 0.356 e. The van der Waals surface area contributed by atoms with Gasteiger partial charge in [-0.2, -0.15) is 0 Å². The summed E-state index contributed by atoms with van der Waals surface area (Å²) < 4.78 is 2.35. The van der Waals surface area contributed by atoms with E-state index in [0.29, 0.717) is 25.9 Å². The second-order valence-corrected chi connectivity index (χ2v) is 6.93. The summed E-state index contributed by atoms with van der Waals surface area (Å²) in [5.41, 5.74) is 2.48. The summed E-state index contributed by atoms with van der Waals surface area (Å²) in [7, 11) is 0. The maximum atomic E-state index is 12.7. The molecule has 5 heteroatoms. The third-order valence-electron chi connectivity index (χ3n) is 5.24. The van der Waals surface area contributed by atoms with Gasteiger partial charge in [-0.3, -0.25) is 9.59 Å². The number of hydrogen-bond donors (Lipinski definition) is 1. The Labute approximate surface area is 141 Å². The summed E-state index contributed by atoms with van der Waals surface area (Å²) in [6.07, 6.45) is 2.90. The van der Waals surface area contributed by atoms with E-state index in [2.05, 4.69) is 40.2 Å². The van der Waals surface area contributed by atoms with Crippen molar-refractivity contribution >= 4 is 22.7 Å². The van der Waals surface area contributed by atoms with Crippen LogP contribution in [0.5, 0.6) is 0 Å². The van der Waals surface area contributed by atoms with Gasteiger partial charge in [0.25, 0.3) is 0 Å². The van der Waals surface area contributed by atoms with Crippen molar-refractivity contribution in [1.82, 2.24) is 14.8 Å². The van der Waals surface area contributed by atoms with Gasteiger partial charge < -0.3 is 14.8 Å². The first-order chi connectivity index (χ1) is 11.7. The molecule has 1 unspecified atom stereocenters. The first-order valence-corrected chi connectivity index (χ1v) is 8.82. The highest BCUT2D eigenvalue weighted by Crippen LogP contribution is 2.25. The molecule has 5 nitrogen and oxygen atoms in total. The Morgan fingerprint density at radius 3 is 2.96 bits per heavy atom. The van der Waals surface area contributed by atoms with Crippen LogP contribution >= 0.6 is 0 Å². The molecule has 4 rings (SSSR count). The number of nitrogens with one attached hydrogen (secondary N) is 1. The lowest BCUT2D eigenvalue weighted by Gasteiger charge is -2.26. The van der Waals surface area contributed by atoms with Crippen LogP contribution in [0, 0.1) is 5.92 Å². The molecule has 0 spiro atoms. The fraction of sp³-hybridized carbons (Fsp3) is 0.474. The topological polar surface area (TPSA) is 54.3 Å². The molecule has 1 saturated heterocycles. The molecule has 0 bridgehead atoms. The molecule has 0 radical (unpaired) electrons. The lowest BCUT2D eigenvalue weighted by Crippen LogP contribution is -2.38. The number of aryl methyl sites for hydroxylation is 1. The fourth-order valence-corrected chi connectivity index (χ4v) is 3.90. The molecule has 24 heavy (non-hydrogen) atoms. The first-order valence-electron chi connectivity index (χ1n) is 8.82. The normalized spacial score (nSPS) is 21.2. The van der Waals surface area contributed by atoms with Gasteiger partial charge in [-0.15, -0.1) is 0 Å². The maximum Gasteiger partial charge on any atom is 0.223 e. The van der Waals surface area contributed by atoms with Crippen LogP contribution < -0.4 is 5.32 Å². The van der Waals surface area contributed by atoms with Crippen LogP contribution in [-0.4, -0.2) is 34.4 Å². The Hall–Kier alpha value is -2.30. The number of nitrogens with zero attached hydrogens (tertiary/aromatic N) is 2. The summed E-state index contributed by atoms with van der Waals surface area (Å²) in [5.74, 6) is 0.608. The molecular formula is C19H23N3O2. The Balaban J connectivity index is 1.48. The number of amides is 2. The van der Waals surface area contributed by atoms with E-state index in [1.165, 1.54) is 16.6 Å². The van der Waals surface area contributed by atoms with Crippen LogP contribution in [0.25, 0.3) is 10.9 Å². The number of piperidine rings is 1. The Kier molecular flexibility index (Phi) is 4.00. The monoisotopic (exact) mass is 325 g/mol. The molecule has 126 valence electrons. The Morgan fingerprint density at radius 2 is 2.12 bits per heavy atom. The summed E-state index contributed by atoms with van der Waals surface area (Å²) in [6, 6.07) is 10.6. The molecule has 2 aliphatic rings. The first kappa shape index (κ1) is 15.2. The average Bonchev–Trinajstić information content (AvgIpc) is 2.79. The number of benzene rings is 1. The summed E-state index contributed by atoms with van der Waals surface area (Å²) >= 11 is 0. The van der Waals surface area contributed by atoms with Crippen molar-refractivity contribution < 1.29 is 9.59 Å². The molecule has 2 amide bonds. The van der Waals surface area contributed by atoms with Gasteiger partial charge in [0.1, 0.15) is 0 Å². The van der Waals surface area contributed by atoms with Crippen LogP contribution in [0.2, 0.25) is 0 Å². The molecule has 1 N–H and O–H groups in total. The van der Waals surface area contributed by atoms with Crippen molar-refractivity contribution in [3.63, 3.8) is 0 Å². The number of fused-ring (bicyclic) bond motifs is 3. The third kappa shape index (κ3) is 2.90. The molecule has 0 aliphatic carbocycles. The molecular weight excluding hydrogens is 302 g/mol. The molecule has 2 aromatic rings. The van der Waals surface area contributed by atoms with Crippen molar-refractivity contribution in [3.8, 4) is 0 Å². The molecule has 1 aromatic heterocycles. The minimum absolute atomic E-state index is 0.109. The van der Waals surface area contributed by atoms with Gasteiger partial charge >= 0.3 is 0 Å². The van der Waals surface area contributed by atoms with Crippen molar-refractivity contribution in [2.75, 3.05) is 13.1 Å². The predicted octanol–water partition coefficient (Wildman–Crippen LogP) is 2.29. The second kappa shape index (κ2) is 6.30. The molecule has 1 fully saturated rings. The van der Waals surface area contributed by atoms with Crippen molar-refractivity contribution in [2.24, 2.45) is 5.92 Å². The highest BCUT2D eigenvalue weighted by atomic mass is 16.2. The van der Waals surface area contributed by atoms with E-state index in [1.54, 1.807) is 0 Å². The molecule has 0 saturated carbocycles. The average molecular weight is 325 g/mol. The van der Waals surface area contributed by atoms with Crippen LogP contribution in [-0.2, 0) is 22.7 Å². The number of aromatic nitrogens is 1. The third-order valence-corrected chi connectivity index (χ3v) is 5.24. The zero-order chi connectivity index (χ0) is 16.5. The van der Waals surface area contributed by atoms with E-state index in [9.17, 15) is 9.59 Å². The van der Waals surface area contributed by atoms with E-state index >= 15 is 0 Å². The molecule has 3 heterocycles. The zero-order valence-electron chi connectivity index (χ0n) is 13.8. The van der Waals surface area contributed by atoms with E-state index in [0.717, 1.165) is 25.9 Å². The predicted molar refractivity (Wildman–Crippen MR) is 92.3 cm³/mol. The standard InChI is InChI=1S/C19H23N3O2/c23-18-7-6-14(12-20-18)10-19(24)21-8-3-9-22-16(13-21)11-15-4-1-2-5-17(15)22/h1-2,4-5,11,14H,3,6-10,12-13H2,(H,20,23).